The zero-order chi connectivity index (χ0) is 23.9. The van der Waals surface area contributed by atoms with Crippen molar-refractivity contribution < 1.29 is 13.2 Å². The van der Waals surface area contributed by atoms with Crippen LogP contribution >= 0.6 is 11.8 Å². The topological polar surface area (TPSA) is 97.2 Å². The minimum absolute atomic E-state index is 0.0372. The maximum absolute atomic E-state index is 13.0. The lowest BCUT2D eigenvalue weighted by Crippen LogP contribution is -2.31. The molecule has 1 amide bonds. The highest BCUT2D eigenvalue weighted by Crippen LogP contribution is 2.29. The standard InChI is InChI=1S/C22H35N5O3S2/c1-7-13-23-21(28)17(6)31-22-25-24-20(27(22)15-16(4)5)18-11-10-12-19(14-18)32(29,30)26(8-2)9-3/h10-12,14,16-17H,7-9,13,15H2,1-6H3,(H,23,28). The Morgan fingerprint density at radius 1 is 1.16 bits per heavy atom. The second-order valence-corrected chi connectivity index (χ2v) is 11.2. The van der Waals surface area contributed by atoms with E-state index < -0.39 is 10.0 Å². The van der Waals surface area contributed by atoms with Crippen LogP contribution < -0.4 is 5.32 Å². The molecule has 0 aliphatic heterocycles. The molecule has 0 aliphatic rings. The Morgan fingerprint density at radius 3 is 2.44 bits per heavy atom. The summed E-state index contributed by atoms with van der Waals surface area (Å²) in [7, 11) is -3.58. The van der Waals surface area contributed by atoms with Gasteiger partial charge >= 0.3 is 0 Å². The Hall–Kier alpha value is -1.91. The van der Waals surface area contributed by atoms with Gasteiger partial charge in [0.25, 0.3) is 0 Å². The molecule has 0 saturated carbocycles. The number of sulfonamides is 1. The number of rotatable bonds is 12. The van der Waals surface area contributed by atoms with Crippen LogP contribution in [0.15, 0.2) is 34.3 Å². The molecule has 1 N–H and O–H groups in total. The summed E-state index contributed by atoms with van der Waals surface area (Å²) in [6, 6.07) is 6.83. The highest BCUT2D eigenvalue weighted by atomic mass is 32.2. The summed E-state index contributed by atoms with van der Waals surface area (Å²) in [5.74, 6) is 0.875. The fraction of sp³-hybridized carbons (Fsp3) is 0.591. The predicted octanol–water partition coefficient (Wildman–Crippen LogP) is 3.64. The predicted molar refractivity (Wildman–Crippen MR) is 129 cm³/mol. The van der Waals surface area contributed by atoms with Crippen LogP contribution in [0.5, 0.6) is 0 Å². The van der Waals surface area contributed by atoms with Crippen LogP contribution in [-0.2, 0) is 21.4 Å². The monoisotopic (exact) mass is 481 g/mol. The van der Waals surface area contributed by atoms with Crippen molar-refractivity contribution in [1.82, 2.24) is 24.4 Å². The second kappa shape index (κ2) is 11.8. The molecule has 0 radical (unpaired) electrons. The molecule has 10 heteroatoms. The van der Waals surface area contributed by atoms with Gasteiger partial charge in [-0.3, -0.25) is 4.79 Å². The maximum atomic E-state index is 13.0. The first-order valence-corrected chi connectivity index (χ1v) is 13.5. The molecule has 8 nitrogen and oxygen atoms in total. The van der Waals surface area contributed by atoms with Crippen molar-refractivity contribution in [3.63, 3.8) is 0 Å². The fourth-order valence-corrected chi connectivity index (χ4v) is 5.62. The lowest BCUT2D eigenvalue weighted by atomic mass is 10.2. The largest absolute Gasteiger partial charge is 0.355 e. The summed E-state index contributed by atoms with van der Waals surface area (Å²) in [6.07, 6.45) is 0.879. The van der Waals surface area contributed by atoms with Crippen molar-refractivity contribution in [2.45, 2.75) is 69.8 Å². The Morgan fingerprint density at radius 2 is 1.84 bits per heavy atom. The fourth-order valence-electron chi connectivity index (χ4n) is 3.23. The van der Waals surface area contributed by atoms with Crippen LogP contribution in [-0.4, -0.2) is 58.3 Å². The third kappa shape index (κ3) is 6.32. The quantitative estimate of drug-likeness (QED) is 0.465. The number of carbonyl (C=O) groups excluding carboxylic acids is 1. The molecule has 0 bridgehead atoms. The summed E-state index contributed by atoms with van der Waals surface area (Å²) in [6.45, 7) is 13.8. The number of hydrogen-bond acceptors (Lipinski definition) is 6. The number of hydrogen-bond donors (Lipinski definition) is 1. The van der Waals surface area contributed by atoms with Gasteiger partial charge in [0.1, 0.15) is 0 Å². The summed E-state index contributed by atoms with van der Waals surface area (Å²) in [5, 5.41) is 11.9. The average molecular weight is 482 g/mol. The first-order valence-electron chi connectivity index (χ1n) is 11.1. The van der Waals surface area contributed by atoms with Crippen LogP contribution in [0.4, 0.5) is 0 Å². The van der Waals surface area contributed by atoms with Crippen LogP contribution in [0.1, 0.15) is 48.0 Å². The molecule has 178 valence electrons. The average Bonchev–Trinajstić information content (AvgIpc) is 3.14. The van der Waals surface area contributed by atoms with Crippen molar-refractivity contribution in [2.75, 3.05) is 19.6 Å². The van der Waals surface area contributed by atoms with Crippen molar-refractivity contribution >= 4 is 27.7 Å². The van der Waals surface area contributed by atoms with Gasteiger partial charge in [0.05, 0.1) is 10.1 Å². The van der Waals surface area contributed by atoms with E-state index in [-0.39, 0.29) is 16.1 Å². The van der Waals surface area contributed by atoms with E-state index in [4.69, 9.17) is 0 Å². The molecule has 0 aliphatic carbocycles. The van der Waals surface area contributed by atoms with Gasteiger partial charge in [-0.2, -0.15) is 4.31 Å². The van der Waals surface area contributed by atoms with Crippen molar-refractivity contribution in [2.24, 2.45) is 5.92 Å². The molecule has 1 aromatic carbocycles. The molecule has 1 unspecified atom stereocenters. The number of nitrogens with zero attached hydrogens (tertiary/aromatic N) is 4. The van der Waals surface area contributed by atoms with E-state index in [0.717, 1.165) is 6.42 Å². The Bertz CT molecular complexity index is 1000. The number of carbonyl (C=O) groups is 1. The van der Waals surface area contributed by atoms with Gasteiger partial charge in [-0.25, -0.2) is 8.42 Å². The van der Waals surface area contributed by atoms with E-state index in [1.807, 2.05) is 38.3 Å². The highest BCUT2D eigenvalue weighted by Gasteiger charge is 2.24. The van der Waals surface area contributed by atoms with Gasteiger partial charge in [0.15, 0.2) is 11.0 Å². The molecule has 0 saturated heterocycles. The number of aromatic nitrogens is 3. The van der Waals surface area contributed by atoms with Crippen molar-refractivity contribution in [3.8, 4) is 11.4 Å². The Labute approximate surface area is 196 Å². The highest BCUT2D eigenvalue weighted by molar-refractivity contribution is 8.00. The van der Waals surface area contributed by atoms with Gasteiger partial charge in [-0.1, -0.05) is 58.5 Å². The lowest BCUT2D eigenvalue weighted by molar-refractivity contribution is -0.120. The summed E-state index contributed by atoms with van der Waals surface area (Å²) >= 11 is 1.36. The molecular formula is C22H35N5O3S2. The number of thioether (sulfide) groups is 1. The van der Waals surface area contributed by atoms with Gasteiger partial charge in [0.2, 0.25) is 15.9 Å². The molecule has 1 aromatic heterocycles. The Balaban J connectivity index is 2.43. The molecule has 0 fully saturated rings. The van der Waals surface area contributed by atoms with Crippen LogP contribution in [0, 0.1) is 5.92 Å². The normalized spacial score (nSPS) is 13.0. The Kier molecular flexibility index (Phi) is 9.72. The van der Waals surface area contributed by atoms with E-state index in [0.29, 0.717) is 48.6 Å². The van der Waals surface area contributed by atoms with E-state index in [1.165, 1.54) is 16.1 Å². The van der Waals surface area contributed by atoms with Crippen molar-refractivity contribution in [3.05, 3.63) is 24.3 Å². The maximum Gasteiger partial charge on any atom is 0.243 e. The minimum atomic E-state index is -3.58. The molecule has 2 aromatic rings. The first kappa shape index (κ1) is 26.3. The van der Waals surface area contributed by atoms with Gasteiger partial charge in [-0.05, 0) is 31.4 Å². The zero-order valence-corrected chi connectivity index (χ0v) is 21.5. The van der Waals surface area contributed by atoms with Crippen LogP contribution in [0.25, 0.3) is 11.4 Å². The van der Waals surface area contributed by atoms with E-state index >= 15 is 0 Å². The molecule has 0 spiro atoms. The van der Waals surface area contributed by atoms with E-state index in [9.17, 15) is 13.2 Å². The SMILES string of the molecule is CCCNC(=O)C(C)Sc1nnc(-c2cccc(S(=O)(=O)N(CC)CC)c2)n1CC(C)C. The number of benzene rings is 1. The molecule has 1 atom stereocenters. The molecule has 1 heterocycles. The minimum Gasteiger partial charge on any atom is -0.355 e. The third-order valence-corrected chi connectivity index (χ3v) is 8.03. The smallest absolute Gasteiger partial charge is 0.243 e. The van der Waals surface area contributed by atoms with Gasteiger partial charge in [-0.15, -0.1) is 10.2 Å². The van der Waals surface area contributed by atoms with E-state index in [1.54, 1.807) is 18.2 Å². The molecule has 32 heavy (non-hydrogen) atoms. The van der Waals surface area contributed by atoms with Gasteiger partial charge in [0, 0.05) is 31.7 Å². The summed E-state index contributed by atoms with van der Waals surface area (Å²) in [5.41, 5.74) is 0.682. The molecular weight excluding hydrogens is 446 g/mol. The summed E-state index contributed by atoms with van der Waals surface area (Å²) < 4.78 is 29.4. The molecule has 2 rings (SSSR count). The lowest BCUT2D eigenvalue weighted by Gasteiger charge is -2.19. The van der Waals surface area contributed by atoms with Crippen LogP contribution in [0.3, 0.4) is 0 Å². The second-order valence-electron chi connectivity index (χ2n) is 7.98. The van der Waals surface area contributed by atoms with Crippen molar-refractivity contribution in [1.29, 1.82) is 0 Å². The first-order chi connectivity index (χ1) is 15.1. The van der Waals surface area contributed by atoms with E-state index in [2.05, 4.69) is 29.4 Å². The zero-order valence-electron chi connectivity index (χ0n) is 19.8. The number of amides is 1. The third-order valence-electron chi connectivity index (χ3n) is 4.90. The van der Waals surface area contributed by atoms with Crippen LogP contribution in [0.2, 0.25) is 0 Å². The summed E-state index contributed by atoms with van der Waals surface area (Å²) in [4.78, 5) is 12.6. The number of nitrogens with one attached hydrogen (secondary N) is 1. The van der Waals surface area contributed by atoms with Gasteiger partial charge < -0.3 is 9.88 Å².